The van der Waals surface area contributed by atoms with Crippen LogP contribution in [0, 0.1) is 34.9 Å². The Morgan fingerprint density at radius 2 is 1.10 bits per heavy atom. The molecule has 0 saturated carbocycles. The van der Waals surface area contributed by atoms with Crippen LogP contribution in [0.2, 0.25) is 0 Å². The maximum Gasteiger partial charge on any atom is 0.167 e. The number of hydrogen-bond donors (Lipinski definition) is 2. The molecule has 5 aromatic rings. The fraction of sp³-hybridized carbons (Fsp3) is 0.318. The van der Waals surface area contributed by atoms with Gasteiger partial charge in [-0.1, -0.05) is 91.8 Å². The second-order valence-corrected chi connectivity index (χ2v) is 17.3. The summed E-state index contributed by atoms with van der Waals surface area (Å²) >= 11 is 16.5. The number of hydrogen-bond acceptors (Lipinski definition) is 5. The number of aromatic hydroxyl groups is 1. The zero-order chi connectivity index (χ0) is 44.2. The molecule has 0 heterocycles. The maximum atomic E-state index is 13.5. The Kier molecular flexibility index (Phi) is 23.7. The number of fused-ring (bicyclic) bond motifs is 2. The van der Waals surface area contributed by atoms with E-state index in [9.17, 15) is 26.3 Å². The first-order chi connectivity index (χ1) is 28.7. The summed E-state index contributed by atoms with van der Waals surface area (Å²) < 4.78 is 88.3. The monoisotopic (exact) mass is 1160 g/mol. The van der Waals surface area contributed by atoms with Gasteiger partial charge in [-0.15, -0.1) is 0 Å². The van der Waals surface area contributed by atoms with Crippen LogP contribution >= 0.6 is 79.6 Å². The third-order valence-corrected chi connectivity index (χ3v) is 12.2. The number of ether oxygens (including phenoxy) is 2. The number of halogens is 11. The normalized spacial score (nSPS) is 14.5. The largest absolute Gasteiger partial charge is 0.505 e. The standard InChI is InChI=1S/C18H18BrF2NO.C10H12BrN.C8H7BrF2O.C6H4F2O.C2H4Br2/c1-22(8-9-23-18-7-5-14(20)11-16(18)21)17-6-3-12-2-4-13(19)10-15(12)17;1-12-10-5-3-7-2-4-8(11)6-9(7)10;9-3-4-12-8-2-1-6(10)5-7(8)11;7-4-1-2-6(9)5(8)3-4;3-1-2-4/h2,4-5,7,10-11,17H,3,6,8-9H2,1H3;2,4,6,10,12H,3,5H2,1H3;1-2,5H,3-4H2;1-3,9H;1-2H2. The van der Waals surface area contributed by atoms with Gasteiger partial charge in [-0.25, -0.2) is 26.3 Å². The summed E-state index contributed by atoms with van der Waals surface area (Å²) in [4.78, 5) is 2.22. The molecular weight excluding hydrogens is 1120 g/mol. The van der Waals surface area contributed by atoms with E-state index in [1.165, 1.54) is 57.8 Å². The molecule has 60 heavy (non-hydrogen) atoms. The zero-order valence-electron chi connectivity index (χ0n) is 32.8. The second-order valence-electron chi connectivity index (χ2n) is 13.1. The minimum absolute atomic E-state index is 0.0795. The summed E-state index contributed by atoms with van der Waals surface area (Å²) in [6.45, 7) is 1.40. The quantitative estimate of drug-likeness (QED) is 0.108. The molecule has 0 saturated heterocycles. The van der Waals surface area contributed by atoms with E-state index in [1.54, 1.807) is 0 Å². The second kappa shape index (κ2) is 27.5. The average Bonchev–Trinajstić information content (AvgIpc) is 3.84. The van der Waals surface area contributed by atoms with Crippen LogP contribution in [0.5, 0.6) is 17.2 Å². The lowest BCUT2D eigenvalue weighted by atomic mass is 10.1. The highest BCUT2D eigenvalue weighted by Crippen LogP contribution is 2.37. The summed E-state index contributed by atoms with van der Waals surface area (Å²) in [7, 11) is 4.08. The van der Waals surface area contributed by atoms with Crippen LogP contribution in [0.1, 0.15) is 47.2 Å². The molecular formula is C44H45Br5F6N2O3. The molecule has 0 radical (unpaired) electrons. The lowest BCUT2D eigenvalue weighted by Gasteiger charge is -2.25. The van der Waals surface area contributed by atoms with E-state index < -0.39 is 40.7 Å². The number of phenolic OH excluding ortho intramolecular Hbond substituents is 1. The van der Waals surface area contributed by atoms with E-state index in [0.29, 0.717) is 43.2 Å². The van der Waals surface area contributed by atoms with Gasteiger partial charge in [0, 0.05) is 61.8 Å². The Labute approximate surface area is 389 Å². The molecule has 16 heteroatoms. The number of phenols is 1. The molecule has 2 aliphatic carbocycles. The van der Waals surface area contributed by atoms with Crippen molar-refractivity contribution in [2.75, 3.05) is 49.8 Å². The van der Waals surface area contributed by atoms with Crippen molar-refractivity contribution >= 4 is 79.6 Å². The summed E-state index contributed by atoms with van der Waals surface area (Å²) in [6.07, 6.45) is 4.61. The minimum Gasteiger partial charge on any atom is -0.505 e. The van der Waals surface area contributed by atoms with Gasteiger partial charge >= 0.3 is 0 Å². The van der Waals surface area contributed by atoms with Crippen molar-refractivity contribution in [3.63, 3.8) is 0 Å². The zero-order valence-corrected chi connectivity index (χ0v) is 40.7. The molecule has 2 N–H and O–H groups in total. The van der Waals surface area contributed by atoms with Crippen molar-refractivity contribution in [1.29, 1.82) is 0 Å². The van der Waals surface area contributed by atoms with Gasteiger partial charge in [0.15, 0.2) is 34.7 Å². The van der Waals surface area contributed by atoms with Crippen molar-refractivity contribution in [2.24, 2.45) is 0 Å². The van der Waals surface area contributed by atoms with Crippen LogP contribution in [-0.2, 0) is 12.8 Å². The molecule has 0 spiro atoms. The lowest BCUT2D eigenvalue weighted by molar-refractivity contribution is 0.188. The molecule has 0 fully saturated rings. The third kappa shape index (κ3) is 17.3. The topological polar surface area (TPSA) is 54.0 Å². The predicted molar refractivity (Wildman–Crippen MR) is 245 cm³/mol. The number of aryl methyl sites for hydroxylation is 2. The van der Waals surface area contributed by atoms with Crippen LogP contribution < -0.4 is 14.8 Å². The van der Waals surface area contributed by atoms with E-state index >= 15 is 0 Å². The fourth-order valence-corrected chi connectivity index (χ4v) is 7.07. The molecule has 0 bridgehead atoms. The number of alkyl halides is 3. The SMILES string of the molecule is BrCCBr.CN(CCOc1ccc(F)cc1F)C1CCc2ccc(Br)cc21.CNC1CCc2ccc(Br)cc21.Fc1ccc(OCCBr)c(F)c1.Oc1ccc(F)cc1F. The molecule has 0 amide bonds. The van der Waals surface area contributed by atoms with E-state index in [0.717, 1.165) is 58.3 Å². The smallest absolute Gasteiger partial charge is 0.167 e. The number of nitrogens with one attached hydrogen (secondary N) is 1. The van der Waals surface area contributed by atoms with Crippen LogP contribution in [0.25, 0.3) is 0 Å². The van der Waals surface area contributed by atoms with Gasteiger partial charge in [0.1, 0.15) is 24.1 Å². The van der Waals surface area contributed by atoms with Gasteiger partial charge in [0.2, 0.25) is 0 Å². The van der Waals surface area contributed by atoms with E-state index in [4.69, 9.17) is 14.6 Å². The number of benzene rings is 5. The first-order valence-electron chi connectivity index (χ1n) is 18.6. The Hall–Kier alpha value is -2.60. The first kappa shape index (κ1) is 51.7. The van der Waals surface area contributed by atoms with Crippen LogP contribution in [0.15, 0.2) is 99.9 Å². The van der Waals surface area contributed by atoms with Gasteiger partial charge in [-0.05, 0) is 123 Å². The molecule has 326 valence electrons. The molecule has 5 aromatic carbocycles. The van der Waals surface area contributed by atoms with Gasteiger partial charge in [0.05, 0.1) is 6.61 Å². The van der Waals surface area contributed by atoms with E-state index in [1.807, 2.05) is 14.1 Å². The fourth-order valence-electron chi connectivity index (χ4n) is 6.15. The van der Waals surface area contributed by atoms with Gasteiger partial charge in [-0.3, -0.25) is 4.90 Å². The Balaban J connectivity index is 0.000000221. The van der Waals surface area contributed by atoms with Gasteiger partial charge in [0.25, 0.3) is 0 Å². The van der Waals surface area contributed by atoms with Crippen molar-refractivity contribution < 1.29 is 40.9 Å². The van der Waals surface area contributed by atoms with Crippen LogP contribution in [0.4, 0.5) is 26.3 Å². The molecule has 0 aliphatic heterocycles. The first-order valence-corrected chi connectivity index (χ1v) is 23.6. The number of likely N-dealkylation sites (N-methyl/N-ethyl adjacent to an activating group) is 1. The van der Waals surface area contributed by atoms with Crippen molar-refractivity contribution in [3.8, 4) is 17.2 Å². The van der Waals surface area contributed by atoms with Crippen molar-refractivity contribution in [3.05, 3.63) is 157 Å². The summed E-state index contributed by atoms with van der Waals surface area (Å²) in [5.74, 6) is -4.51. The third-order valence-electron chi connectivity index (χ3n) is 9.03. The number of nitrogens with zero attached hydrogens (tertiary/aromatic N) is 1. The highest BCUT2D eigenvalue weighted by molar-refractivity contribution is 9.12. The van der Waals surface area contributed by atoms with Crippen molar-refractivity contribution in [2.45, 2.75) is 37.8 Å². The van der Waals surface area contributed by atoms with Crippen molar-refractivity contribution in [1.82, 2.24) is 10.2 Å². The molecule has 5 nitrogen and oxygen atoms in total. The van der Waals surface area contributed by atoms with Gasteiger partial charge < -0.3 is 19.9 Å². The average molecular weight is 1160 g/mol. The molecule has 2 aliphatic rings. The maximum absolute atomic E-state index is 13.5. The summed E-state index contributed by atoms with van der Waals surface area (Å²) in [6, 6.07) is 23.0. The highest BCUT2D eigenvalue weighted by atomic mass is 79.9. The summed E-state index contributed by atoms with van der Waals surface area (Å²) in [5.41, 5.74) is 5.69. The molecule has 7 rings (SSSR count). The molecule has 2 atom stereocenters. The Morgan fingerprint density at radius 3 is 1.58 bits per heavy atom. The van der Waals surface area contributed by atoms with E-state index in [-0.39, 0.29) is 11.5 Å². The van der Waals surface area contributed by atoms with Crippen LogP contribution in [0.3, 0.4) is 0 Å². The van der Waals surface area contributed by atoms with Crippen LogP contribution in [-0.4, -0.2) is 59.9 Å². The van der Waals surface area contributed by atoms with E-state index in [2.05, 4.69) is 126 Å². The summed E-state index contributed by atoms with van der Waals surface area (Å²) in [5, 5.41) is 14.5. The van der Waals surface area contributed by atoms with Gasteiger partial charge in [-0.2, -0.15) is 0 Å². The minimum atomic E-state index is -0.935. The predicted octanol–water partition coefficient (Wildman–Crippen LogP) is 13.6. The molecule has 2 unspecified atom stereocenters. The molecule has 0 aromatic heterocycles. The lowest BCUT2D eigenvalue weighted by Crippen LogP contribution is -2.27. The number of rotatable bonds is 10. The highest BCUT2D eigenvalue weighted by Gasteiger charge is 2.26. The Morgan fingerprint density at radius 1 is 0.617 bits per heavy atom. The Bertz CT molecular complexity index is 2080.